The van der Waals surface area contributed by atoms with Gasteiger partial charge in [0.2, 0.25) is 0 Å². The van der Waals surface area contributed by atoms with Crippen LogP contribution in [-0.4, -0.2) is 0 Å². The minimum atomic E-state index is 1.05. The van der Waals surface area contributed by atoms with Crippen LogP contribution >= 0.6 is 0 Å². The lowest BCUT2D eigenvalue weighted by molar-refractivity contribution is 0.375. The maximum absolute atomic E-state index is 2.27. The van der Waals surface area contributed by atoms with Gasteiger partial charge in [-0.3, -0.25) is 0 Å². The number of hydrogen-bond acceptors (Lipinski definition) is 0. The van der Waals surface area contributed by atoms with E-state index in [-0.39, 0.29) is 0 Å². The quantitative estimate of drug-likeness (QED) is 0.453. The Morgan fingerprint density at radius 1 is 1.38 bits per heavy atom. The fourth-order valence-corrected chi connectivity index (χ4v) is 1.49. The molecule has 0 atom stereocenters. The molecule has 0 nitrogen and oxygen atoms in total. The first kappa shape index (κ1) is 4.60. The zero-order valence-electron chi connectivity index (χ0n) is 5.41. The van der Waals surface area contributed by atoms with E-state index in [4.69, 9.17) is 0 Å². The van der Waals surface area contributed by atoms with Crippen LogP contribution in [0.25, 0.3) is 0 Å². The van der Waals surface area contributed by atoms with Gasteiger partial charge < -0.3 is 0 Å². The van der Waals surface area contributed by atoms with E-state index in [1.54, 1.807) is 11.1 Å². The zero-order valence-corrected chi connectivity index (χ0v) is 5.41. The topological polar surface area (TPSA) is 0 Å². The minimum absolute atomic E-state index is 1.05. The lowest BCUT2D eigenvalue weighted by Crippen LogP contribution is -2.08. The maximum atomic E-state index is 2.27. The summed E-state index contributed by atoms with van der Waals surface area (Å²) in [6.07, 6.45) is 5.85. The lowest BCUT2D eigenvalue weighted by atomic mass is 9.83. The average molecular weight is 108 g/mol. The molecule has 2 rings (SSSR count). The summed E-state index contributed by atoms with van der Waals surface area (Å²) < 4.78 is 0. The van der Waals surface area contributed by atoms with E-state index in [9.17, 15) is 0 Å². The van der Waals surface area contributed by atoms with Gasteiger partial charge in [0.15, 0.2) is 0 Å². The molecule has 8 heavy (non-hydrogen) atoms. The van der Waals surface area contributed by atoms with E-state index in [0.717, 1.165) is 5.92 Å². The van der Waals surface area contributed by atoms with Gasteiger partial charge >= 0.3 is 0 Å². The average Bonchev–Trinajstić information content (AvgIpc) is 2.13. The molecule has 0 N–H and O–H groups in total. The van der Waals surface area contributed by atoms with Crippen molar-refractivity contribution in [3.63, 3.8) is 0 Å². The molecule has 1 saturated carbocycles. The van der Waals surface area contributed by atoms with Crippen molar-refractivity contribution >= 4 is 0 Å². The second-order valence-corrected chi connectivity index (χ2v) is 3.11. The highest BCUT2D eigenvalue weighted by Gasteiger charge is 2.29. The van der Waals surface area contributed by atoms with Crippen molar-refractivity contribution in [1.82, 2.24) is 0 Å². The predicted molar refractivity (Wildman–Crippen MR) is 34.7 cm³/mol. The molecular weight excluding hydrogens is 96.1 g/mol. The zero-order chi connectivity index (χ0) is 5.56. The molecule has 2 aliphatic rings. The van der Waals surface area contributed by atoms with Crippen molar-refractivity contribution in [3.05, 3.63) is 11.1 Å². The molecule has 0 radical (unpaired) electrons. The van der Waals surface area contributed by atoms with Gasteiger partial charge in [-0.1, -0.05) is 17.6 Å². The van der Waals surface area contributed by atoms with Crippen LogP contribution in [0.2, 0.25) is 0 Å². The van der Waals surface area contributed by atoms with E-state index < -0.39 is 0 Å². The first-order chi connectivity index (χ1) is 3.88. The fraction of sp³-hybridized carbons (Fsp3) is 0.750. The minimum Gasteiger partial charge on any atom is -0.0694 e. The third kappa shape index (κ3) is 0.521. The SMILES string of the molecule is CC1=C(C2CCC2)C1. The van der Waals surface area contributed by atoms with E-state index in [1.807, 2.05) is 0 Å². The Labute approximate surface area is 50.6 Å². The molecule has 0 aromatic rings. The molecule has 0 amide bonds. The first-order valence-corrected chi connectivity index (χ1v) is 3.56. The van der Waals surface area contributed by atoms with Gasteiger partial charge in [-0.05, 0) is 32.1 Å². The highest BCUT2D eigenvalue weighted by molar-refractivity contribution is 5.35. The molecule has 0 unspecified atom stereocenters. The van der Waals surface area contributed by atoms with Gasteiger partial charge in [0.05, 0.1) is 0 Å². The van der Waals surface area contributed by atoms with Crippen LogP contribution in [0.5, 0.6) is 0 Å². The number of allylic oxidation sites excluding steroid dienone is 2. The van der Waals surface area contributed by atoms with E-state index in [2.05, 4.69) is 6.92 Å². The molecule has 0 aromatic heterocycles. The van der Waals surface area contributed by atoms with Crippen LogP contribution in [-0.2, 0) is 0 Å². The van der Waals surface area contributed by atoms with Crippen molar-refractivity contribution in [3.8, 4) is 0 Å². The molecular formula is C8H12. The van der Waals surface area contributed by atoms with Gasteiger partial charge in [-0.25, -0.2) is 0 Å². The molecule has 0 spiro atoms. The van der Waals surface area contributed by atoms with Crippen molar-refractivity contribution in [1.29, 1.82) is 0 Å². The van der Waals surface area contributed by atoms with Crippen molar-refractivity contribution in [2.45, 2.75) is 32.6 Å². The van der Waals surface area contributed by atoms with E-state index >= 15 is 0 Å². The number of hydrogen-bond donors (Lipinski definition) is 0. The summed E-state index contributed by atoms with van der Waals surface area (Å²) in [6.45, 7) is 2.27. The first-order valence-electron chi connectivity index (χ1n) is 3.56. The Bertz CT molecular complexity index is 138. The predicted octanol–water partition coefficient (Wildman–Crippen LogP) is 2.51. The smallest absolute Gasteiger partial charge is 0.0103 e. The summed E-state index contributed by atoms with van der Waals surface area (Å²) >= 11 is 0. The molecule has 0 aromatic carbocycles. The Hall–Kier alpha value is -0.260. The van der Waals surface area contributed by atoms with E-state index in [1.165, 1.54) is 25.7 Å². The fourth-order valence-electron chi connectivity index (χ4n) is 1.49. The normalized spacial score (nSPS) is 28.1. The van der Waals surface area contributed by atoms with Crippen molar-refractivity contribution in [2.75, 3.05) is 0 Å². The Morgan fingerprint density at radius 3 is 2.12 bits per heavy atom. The van der Waals surface area contributed by atoms with Crippen LogP contribution in [0, 0.1) is 5.92 Å². The van der Waals surface area contributed by atoms with Crippen molar-refractivity contribution < 1.29 is 0 Å². The van der Waals surface area contributed by atoms with Crippen LogP contribution in [0.15, 0.2) is 11.1 Å². The van der Waals surface area contributed by atoms with Crippen LogP contribution in [0.1, 0.15) is 32.6 Å². The molecule has 0 heterocycles. The Balaban J connectivity index is 1.99. The summed E-state index contributed by atoms with van der Waals surface area (Å²) in [5.41, 5.74) is 3.49. The van der Waals surface area contributed by atoms with Crippen molar-refractivity contribution in [2.24, 2.45) is 5.92 Å². The highest BCUT2D eigenvalue weighted by Crippen LogP contribution is 2.45. The second-order valence-electron chi connectivity index (χ2n) is 3.11. The maximum Gasteiger partial charge on any atom is -0.0103 e. The van der Waals surface area contributed by atoms with Crippen LogP contribution in [0.4, 0.5) is 0 Å². The Morgan fingerprint density at radius 2 is 2.00 bits per heavy atom. The van der Waals surface area contributed by atoms with Crippen LogP contribution in [0.3, 0.4) is 0 Å². The Kier molecular flexibility index (Phi) is 0.787. The summed E-state index contributed by atoms with van der Waals surface area (Å²) in [7, 11) is 0. The number of rotatable bonds is 1. The van der Waals surface area contributed by atoms with E-state index in [0.29, 0.717) is 0 Å². The highest BCUT2D eigenvalue weighted by atomic mass is 14.3. The molecule has 44 valence electrons. The lowest BCUT2D eigenvalue weighted by Gasteiger charge is -2.22. The summed E-state index contributed by atoms with van der Waals surface area (Å²) in [4.78, 5) is 0. The van der Waals surface area contributed by atoms with Crippen LogP contribution < -0.4 is 0 Å². The summed E-state index contributed by atoms with van der Waals surface area (Å²) in [5, 5.41) is 0. The molecule has 1 fully saturated rings. The van der Waals surface area contributed by atoms with Gasteiger partial charge in [0, 0.05) is 0 Å². The van der Waals surface area contributed by atoms with Gasteiger partial charge in [-0.15, -0.1) is 0 Å². The summed E-state index contributed by atoms with van der Waals surface area (Å²) in [5.74, 6) is 1.05. The second kappa shape index (κ2) is 1.37. The van der Waals surface area contributed by atoms with Gasteiger partial charge in [0.1, 0.15) is 0 Å². The third-order valence-electron chi connectivity index (χ3n) is 2.48. The van der Waals surface area contributed by atoms with Gasteiger partial charge in [-0.2, -0.15) is 0 Å². The molecule has 0 aliphatic heterocycles. The van der Waals surface area contributed by atoms with Gasteiger partial charge in [0.25, 0.3) is 0 Å². The molecule has 0 bridgehead atoms. The standard InChI is InChI=1S/C8H12/c1-6-5-8(6)7-3-2-4-7/h7H,2-5H2,1H3. The largest absolute Gasteiger partial charge is 0.0694 e. The molecule has 2 aliphatic carbocycles. The molecule has 0 heteroatoms. The third-order valence-corrected chi connectivity index (χ3v) is 2.48. The summed E-state index contributed by atoms with van der Waals surface area (Å²) in [6, 6.07) is 0. The monoisotopic (exact) mass is 108 g/mol. The molecule has 0 saturated heterocycles.